The number of alkyl halides is 3. The van der Waals surface area contributed by atoms with Crippen LogP contribution >= 0.6 is 0 Å². The predicted octanol–water partition coefficient (Wildman–Crippen LogP) is 2.51. The summed E-state index contributed by atoms with van der Waals surface area (Å²) in [6, 6.07) is 0.868. The summed E-state index contributed by atoms with van der Waals surface area (Å²) < 4.78 is 38.8. The quantitative estimate of drug-likeness (QED) is 0.836. The normalized spacial score (nSPS) is 17.2. The smallest absolute Gasteiger partial charge is 0.350 e. The molecule has 3 rings (SSSR count). The number of amides is 1. The van der Waals surface area contributed by atoms with E-state index in [2.05, 4.69) is 25.3 Å². The number of aryl methyl sites for hydroxylation is 1. The van der Waals surface area contributed by atoms with Gasteiger partial charge in [0.25, 0.3) is 5.91 Å². The SMILES string of the molecule is Cc1cc(C(F)(F)F)nc(-c2nc3c([nH]2)CC(C)(C)CNC3=O)n1. The highest BCUT2D eigenvalue weighted by atomic mass is 19.4. The molecule has 1 aliphatic heterocycles. The summed E-state index contributed by atoms with van der Waals surface area (Å²) >= 11 is 0. The number of aromatic amines is 1. The second-order valence-corrected chi connectivity index (χ2v) is 6.65. The largest absolute Gasteiger partial charge is 0.433 e. The van der Waals surface area contributed by atoms with Crippen LogP contribution in [0.15, 0.2) is 6.07 Å². The first-order valence-electron chi connectivity index (χ1n) is 7.35. The molecule has 0 radical (unpaired) electrons. The third-order valence-electron chi connectivity index (χ3n) is 3.73. The zero-order chi connectivity index (χ0) is 17.7. The van der Waals surface area contributed by atoms with Crippen LogP contribution in [0.4, 0.5) is 13.2 Å². The van der Waals surface area contributed by atoms with E-state index >= 15 is 0 Å². The van der Waals surface area contributed by atoms with Crippen LogP contribution in [0.3, 0.4) is 0 Å². The van der Waals surface area contributed by atoms with Crippen molar-refractivity contribution >= 4 is 5.91 Å². The van der Waals surface area contributed by atoms with Crippen LogP contribution in [-0.2, 0) is 12.6 Å². The summed E-state index contributed by atoms with van der Waals surface area (Å²) in [6.45, 7) is 5.90. The van der Waals surface area contributed by atoms with E-state index in [0.29, 0.717) is 18.7 Å². The lowest BCUT2D eigenvalue weighted by Gasteiger charge is -2.21. The minimum absolute atomic E-state index is 0.0575. The number of fused-ring (bicyclic) bond motifs is 1. The van der Waals surface area contributed by atoms with Gasteiger partial charge in [-0.15, -0.1) is 0 Å². The summed E-state index contributed by atoms with van der Waals surface area (Å²) in [5.41, 5.74) is -0.321. The summed E-state index contributed by atoms with van der Waals surface area (Å²) in [7, 11) is 0. The van der Waals surface area contributed by atoms with E-state index in [0.717, 1.165) is 6.07 Å². The van der Waals surface area contributed by atoms with Gasteiger partial charge in [-0.05, 0) is 24.8 Å². The molecular weight excluding hydrogens is 323 g/mol. The highest BCUT2D eigenvalue weighted by Crippen LogP contribution is 2.30. The fourth-order valence-corrected chi connectivity index (χ4v) is 2.59. The maximum atomic E-state index is 12.9. The number of H-pyrrole nitrogens is 1. The zero-order valence-electron chi connectivity index (χ0n) is 13.4. The van der Waals surface area contributed by atoms with Crippen molar-refractivity contribution < 1.29 is 18.0 Å². The Bertz CT molecular complexity index is 810. The first-order chi connectivity index (χ1) is 11.0. The fourth-order valence-electron chi connectivity index (χ4n) is 2.59. The van der Waals surface area contributed by atoms with Crippen LogP contribution in [0, 0.1) is 12.3 Å². The van der Waals surface area contributed by atoms with Gasteiger partial charge in [-0.1, -0.05) is 13.8 Å². The van der Waals surface area contributed by atoms with Crippen LogP contribution in [0.5, 0.6) is 0 Å². The maximum absolute atomic E-state index is 12.9. The van der Waals surface area contributed by atoms with Crippen molar-refractivity contribution in [3.05, 3.63) is 28.8 Å². The molecule has 0 fully saturated rings. The summed E-state index contributed by atoms with van der Waals surface area (Å²) in [4.78, 5) is 26.7. The number of nitrogens with one attached hydrogen (secondary N) is 2. The molecule has 128 valence electrons. The number of carbonyl (C=O) groups excluding carboxylic acids is 1. The molecule has 3 heterocycles. The molecule has 0 aromatic carbocycles. The van der Waals surface area contributed by atoms with Crippen LogP contribution in [-0.4, -0.2) is 32.4 Å². The third-order valence-corrected chi connectivity index (χ3v) is 3.73. The number of rotatable bonds is 1. The topological polar surface area (TPSA) is 83.6 Å². The molecule has 0 unspecified atom stereocenters. The summed E-state index contributed by atoms with van der Waals surface area (Å²) in [5, 5.41) is 2.76. The molecule has 0 saturated heterocycles. The number of aromatic nitrogens is 4. The Labute approximate surface area is 135 Å². The molecule has 0 bridgehead atoms. The van der Waals surface area contributed by atoms with Gasteiger partial charge in [0.1, 0.15) is 11.4 Å². The van der Waals surface area contributed by atoms with E-state index in [9.17, 15) is 18.0 Å². The predicted molar refractivity (Wildman–Crippen MR) is 79.2 cm³/mol. The van der Waals surface area contributed by atoms with E-state index in [-0.39, 0.29) is 34.4 Å². The highest BCUT2D eigenvalue weighted by Gasteiger charge is 2.34. The van der Waals surface area contributed by atoms with Gasteiger partial charge < -0.3 is 10.3 Å². The second kappa shape index (κ2) is 5.29. The van der Waals surface area contributed by atoms with Gasteiger partial charge in [0.05, 0.1) is 0 Å². The van der Waals surface area contributed by atoms with Gasteiger partial charge in [-0.25, -0.2) is 15.0 Å². The highest BCUT2D eigenvalue weighted by molar-refractivity contribution is 5.94. The number of imidazole rings is 1. The van der Waals surface area contributed by atoms with E-state index in [1.807, 2.05) is 13.8 Å². The lowest BCUT2D eigenvalue weighted by Crippen LogP contribution is -2.32. The molecule has 24 heavy (non-hydrogen) atoms. The minimum Gasteiger partial charge on any atom is -0.350 e. The molecule has 0 saturated carbocycles. The van der Waals surface area contributed by atoms with Gasteiger partial charge in [-0.3, -0.25) is 4.79 Å². The average molecular weight is 339 g/mol. The number of carbonyl (C=O) groups is 1. The number of halogens is 3. The molecule has 1 aliphatic rings. The molecule has 0 aliphatic carbocycles. The monoisotopic (exact) mass is 339 g/mol. The van der Waals surface area contributed by atoms with Gasteiger partial charge in [0.15, 0.2) is 11.6 Å². The van der Waals surface area contributed by atoms with Gasteiger partial charge in [0.2, 0.25) is 0 Å². The van der Waals surface area contributed by atoms with Crippen molar-refractivity contribution in [2.45, 2.75) is 33.4 Å². The minimum atomic E-state index is -4.58. The summed E-state index contributed by atoms with van der Waals surface area (Å²) in [6.07, 6.45) is -4.04. The maximum Gasteiger partial charge on any atom is 0.433 e. The standard InChI is InChI=1S/C15H16F3N5O/c1-7-4-9(15(16,17)18)22-11(20-7)12-21-8-5-14(2,3)6-19-13(24)10(8)23-12/h4H,5-6H2,1-3H3,(H,19,24)(H,21,23). The Hall–Kier alpha value is -2.45. The van der Waals surface area contributed by atoms with E-state index in [1.165, 1.54) is 6.92 Å². The first kappa shape index (κ1) is 16.4. The Balaban J connectivity index is 2.08. The molecular formula is C15H16F3N5O. The Morgan fingerprint density at radius 1 is 1.21 bits per heavy atom. The number of hydrogen-bond donors (Lipinski definition) is 2. The number of nitrogens with zero attached hydrogens (tertiary/aromatic N) is 3. The first-order valence-corrected chi connectivity index (χ1v) is 7.35. The third kappa shape index (κ3) is 3.10. The lowest BCUT2D eigenvalue weighted by atomic mass is 9.88. The van der Waals surface area contributed by atoms with Crippen molar-refractivity contribution in [1.29, 1.82) is 0 Å². The fraction of sp³-hybridized carbons (Fsp3) is 0.467. The molecule has 2 aromatic heterocycles. The van der Waals surface area contributed by atoms with Crippen LogP contribution in [0.2, 0.25) is 0 Å². The van der Waals surface area contributed by atoms with Crippen molar-refractivity contribution in [3.63, 3.8) is 0 Å². The molecule has 2 N–H and O–H groups in total. The van der Waals surface area contributed by atoms with E-state index in [4.69, 9.17) is 0 Å². The number of hydrogen-bond acceptors (Lipinski definition) is 4. The zero-order valence-corrected chi connectivity index (χ0v) is 13.4. The Morgan fingerprint density at radius 2 is 1.92 bits per heavy atom. The lowest BCUT2D eigenvalue weighted by molar-refractivity contribution is -0.141. The summed E-state index contributed by atoms with van der Waals surface area (Å²) in [5.74, 6) is -0.482. The molecule has 0 atom stereocenters. The molecule has 1 amide bonds. The molecule has 9 heteroatoms. The van der Waals surface area contributed by atoms with Crippen molar-refractivity contribution in [3.8, 4) is 11.6 Å². The molecule has 6 nitrogen and oxygen atoms in total. The van der Waals surface area contributed by atoms with Crippen molar-refractivity contribution in [2.75, 3.05) is 6.54 Å². The van der Waals surface area contributed by atoms with Crippen LogP contribution in [0.25, 0.3) is 11.6 Å². The molecule has 0 spiro atoms. The van der Waals surface area contributed by atoms with Gasteiger partial charge >= 0.3 is 6.18 Å². The molecule has 2 aromatic rings. The van der Waals surface area contributed by atoms with Crippen molar-refractivity contribution in [2.24, 2.45) is 5.41 Å². The average Bonchev–Trinajstić information content (AvgIpc) is 2.82. The second-order valence-electron chi connectivity index (χ2n) is 6.65. The van der Waals surface area contributed by atoms with Crippen LogP contribution < -0.4 is 5.32 Å². The van der Waals surface area contributed by atoms with E-state index < -0.39 is 11.9 Å². The van der Waals surface area contributed by atoms with Crippen LogP contribution in [0.1, 0.15) is 41.4 Å². The Kier molecular flexibility index (Phi) is 3.61. The van der Waals surface area contributed by atoms with Gasteiger partial charge in [-0.2, -0.15) is 13.2 Å². The van der Waals surface area contributed by atoms with E-state index in [1.54, 1.807) is 0 Å². The van der Waals surface area contributed by atoms with Gasteiger partial charge in [0, 0.05) is 17.9 Å². The van der Waals surface area contributed by atoms with Crippen molar-refractivity contribution in [1.82, 2.24) is 25.3 Å². The Morgan fingerprint density at radius 3 is 2.58 bits per heavy atom.